The van der Waals surface area contributed by atoms with Crippen molar-refractivity contribution in [3.05, 3.63) is 36.5 Å². The van der Waals surface area contributed by atoms with Gasteiger partial charge in [0.1, 0.15) is 0 Å². The smallest absolute Gasteiger partial charge is 0.393 e. The Morgan fingerprint density at radius 1 is 0.596 bits per heavy atom. The van der Waals surface area contributed by atoms with Gasteiger partial charge in [-0.3, -0.25) is 13.8 Å². The maximum Gasteiger partial charge on any atom is 0.472 e. The van der Waals surface area contributed by atoms with Gasteiger partial charge in [-0.1, -0.05) is 192 Å². The summed E-state index contributed by atoms with van der Waals surface area (Å²) in [6.07, 6.45) is 48.1. The van der Waals surface area contributed by atoms with Crippen molar-refractivity contribution in [1.82, 2.24) is 5.32 Å². The van der Waals surface area contributed by atoms with Gasteiger partial charge in [-0.2, -0.15) is 0 Å². The van der Waals surface area contributed by atoms with Crippen molar-refractivity contribution < 1.29 is 33.5 Å². The first kappa shape index (κ1) is 55.7. The lowest BCUT2D eigenvalue weighted by Gasteiger charge is -2.24. The van der Waals surface area contributed by atoms with Gasteiger partial charge in [-0.05, 0) is 57.8 Å². The number of allylic oxidation sites excluding steroid dienone is 5. The van der Waals surface area contributed by atoms with Crippen LogP contribution >= 0.6 is 7.82 Å². The van der Waals surface area contributed by atoms with Gasteiger partial charge in [0, 0.05) is 6.54 Å². The molecule has 0 saturated carbocycles. The van der Waals surface area contributed by atoms with Gasteiger partial charge < -0.3 is 26.2 Å². The molecular formula is C47H91N2O7P. The third-order valence-corrected chi connectivity index (χ3v) is 11.5. The zero-order chi connectivity index (χ0) is 41.9. The highest BCUT2D eigenvalue weighted by Crippen LogP contribution is 2.43. The molecule has 0 bridgehead atoms. The van der Waals surface area contributed by atoms with Gasteiger partial charge in [0.05, 0.1) is 37.9 Å². The van der Waals surface area contributed by atoms with E-state index in [1.165, 1.54) is 141 Å². The van der Waals surface area contributed by atoms with Crippen LogP contribution in [0.15, 0.2) is 36.5 Å². The molecule has 0 aromatic heterocycles. The molecule has 10 heteroatoms. The first-order valence-electron chi connectivity index (χ1n) is 23.7. The van der Waals surface area contributed by atoms with Gasteiger partial charge in [0.2, 0.25) is 5.91 Å². The van der Waals surface area contributed by atoms with Gasteiger partial charge >= 0.3 is 7.82 Å². The Bertz CT molecular complexity index is 1010. The number of aliphatic hydroxyl groups is 2. The molecule has 0 rings (SSSR count). The molecule has 9 nitrogen and oxygen atoms in total. The molecule has 0 aliphatic carbocycles. The number of nitrogens with two attached hydrogens (primary N) is 1. The number of rotatable bonds is 44. The van der Waals surface area contributed by atoms with Gasteiger partial charge in [-0.25, -0.2) is 4.57 Å². The normalized spacial score (nSPS) is 14.8. The second-order valence-electron chi connectivity index (χ2n) is 16.1. The molecule has 57 heavy (non-hydrogen) atoms. The predicted octanol–water partition coefficient (Wildman–Crippen LogP) is 12.5. The standard InChI is InChI=1S/C47H91N2O7P/c1-3-5-7-9-11-13-15-17-19-21-22-23-25-27-29-31-33-35-37-39-46(51)45(43-56-57(53,54)55-41-40-48)49-47(52)42-44(50)38-36-34-32-30-28-26-24-20-18-16-14-12-10-8-6-4-2/h26,28-29,31,37,39,44-46,50-51H,3-25,27,30,32-36,38,40-43,48H2,1-2H3,(H,49,52)(H,53,54)/b28-26-,31-29+,39-37+. The number of carbonyl (C=O) groups excluding carboxylic acids is 1. The van der Waals surface area contributed by atoms with Crippen LogP contribution in [0.2, 0.25) is 0 Å². The van der Waals surface area contributed by atoms with Crippen molar-refractivity contribution in [1.29, 1.82) is 0 Å². The number of hydrogen-bond donors (Lipinski definition) is 5. The molecule has 0 aromatic carbocycles. The number of phosphoric acid groups is 1. The number of nitrogens with one attached hydrogen (secondary N) is 1. The van der Waals surface area contributed by atoms with E-state index in [2.05, 4.69) is 43.5 Å². The van der Waals surface area contributed by atoms with Crippen molar-refractivity contribution in [2.24, 2.45) is 5.73 Å². The third-order valence-electron chi connectivity index (χ3n) is 10.5. The molecule has 0 aliphatic rings. The average Bonchev–Trinajstić information content (AvgIpc) is 3.19. The number of hydrogen-bond acceptors (Lipinski definition) is 7. The number of carbonyl (C=O) groups is 1. The molecule has 0 aliphatic heterocycles. The summed E-state index contributed by atoms with van der Waals surface area (Å²) >= 11 is 0. The Kier molecular flexibility index (Phi) is 41.8. The van der Waals surface area contributed by atoms with E-state index in [0.29, 0.717) is 12.8 Å². The molecule has 4 unspecified atom stereocenters. The van der Waals surface area contributed by atoms with Crippen molar-refractivity contribution in [2.75, 3.05) is 19.8 Å². The first-order chi connectivity index (χ1) is 27.8. The molecule has 0 aromatic rings. The second kappa shape index (κ2) is 42.8. The topological polar surface area (TPSA) is 151 Å². The van der Waals surface area contributed by atoms with Gasteiger partial charge in [-0.15, -0.1) is 0 Å². The first-order valence-corrected chi connectivity index (χ1v) is 25.2. The predicted molar refractivity (Wildman–Crippen MR) is 241 cm³/mol. The molecular weight excluding hydrogens is 735 g/mol. The maximum absolute atomic E-state index is 12.8. The lowest BCUT2D eigenvalue weighted by Crippen LogP contribution is -2.46. The van der Waals surface area contributed by atoms with E-state index in [0.717, 1.165) is 44.9 Å². The molecule has 6 N–H and O–H groups in total. The highest BCUT2D eigenvalue weighted by atomic mass is 31.2. The molecule has 0 spiro atoms. The fraction of sp³-hybridized carbons (Fsp3) is 0.851. The van der Waals surface area contributed by atoms with Crippen LogP contribution in [-0.4, -0.2) is 59.0 Å². The Balaban J connectivity index is 4.33. The summed E-state index contributed by atoms with van der Waals surface area (Å²) in [6, 6.07) is -1.00. The summed E-state index contributed by atoms with van der Waals surface area (Å²) in [5.41, 5.74) is 5.37. The Morgan fingerprint density at radius 3 is 1.46 bits per heavy atom. The van der Waals surface area contributed by atoms with Crippen LogP contribution in [0.3, 0.4) is 0 Å². The fourth-order valence-electron chi connectivity index (χ4n) is 6.89. The Hall–Kier alpha value is -1.32. The van der Waals surface area contributed by atoms with E-state index in [-0.39, 0.29) is 19.6 Å². The molecule has 0 fully saturated rings. The van der Waals surface area contributed by atoms with E-state index in [4.69, 9.17) is 14.8 Å². The lowest BCUT2D eigenvalue weighted by atomic mass is 10.0. The number of amides is 1. The summed E-state index contributed by atoms with van der Waals surface area (Å²) in [6.45, 7) is 3.96. The van der Waals surface area contributed by atoms with Crippen molar-refractivity contribution in [3.8, 4) is 0 Å². The second-order valence-corrected chi connectivity index (χ2v) is 17.6. The minimum atomic E-state index is -4.41. The Morgan fingerprint density at radius 2 is 1.00 bits per heavy atom. The largest absolute Gasteiger partial charge is 0.472 e. The van der Waals surface area contributed by atoms with Gasteiger partial charge in [0.15, 0.2) is 0 Å². The van der Waals surface area contributed by atoms with Crippen molar-refractivity contribution in [2.45, 2.75) is 238 Å². The van der Waals surface area contributed by atoms with Crippen LogP contribution in [0, 0.1) is 0 Å². The molecule has 0 heterocycles. The quantitative estimate of drug-likeness (QED) is 0.0231. The van der Waals surface area contributed by atoms with Crippen molar-refractivity contribution >= 4 is 13.7 Å². The van der Waals surface area contributed by atoms with Crippen molar-refractivity contribution in [3.63, 3.8) is 0 Å². The average molecular weight is 827 g/mol. The van der Waals surface area contributed by atoms with E-state index >= 15 is 0 Å². The van der Waals surface area contributed by atoms with E-state index in [9.17, 15) is 24.5 Å². The van der Waals surface area contributed by atoms with Crippen LogP contribution in [-0.2, 0) is 18.4 Å². The van der Waals surface area contributed by atoms with Crippen LogP contribution < -0.4 is 11.1 Å². The zero-order valence-corrected chi connectivity index (χ0v) is 37.8. The molecule has 4 atom stereocenters. The monoisotopic (exact) mass is 827 g/mol. The van der Waals surface area contributed by atoms with Crippen LogP contribution in [0.5, 0.6) is 0 Å². The molecule has 0 radical (unpaired) electrons. The maximum atomic E-state index is 12.8. The van der Waals surface area contributed by atoms with E-state index < -0.39 is 38.6 Å². The molecule has 1 amide bonds. The molecule has 336 valence electrons. The highest BCUT2D eigenvalue weighted by molar-refractivity contribution is 7.47. The zero-order valence-electron chi connectivity index (χ0n) is 36.9. The fourth-order valence-corrected chi connectivity index (χ4v) is 7.65. The highest BCUT2D eigenvalue weighted by Gasteiger charge is 2.27. The van der Waals surface area contributed by atoms with Gasteiger partial charge in [0.25, 0.3) is 0 Å². The van der Waals surface area contributed by atoms with E-state index in [1.807, 2.05) is 6.08 Å². The summed E-state index contributed by atoms with van der Waals surface area (Å²) in [7, 11) is -4.41. The van der Waals surface area contributed by atoms with Crippen LogP contribution in [0.25, 0.3) is 0 Å². The van der Waals surface area contributed by atoms with Crippen LogP contribution in [0.1, 0.15) is 219 Å². The summed E-state index contributed by atoms with van der Waals surface area (Å²) < 4.78 is 22.1. The SMILES string of the molecule is CCCCCCCCCCC/C=C\CCCCCC(O)CC(=O)NC(COP(=O)(O)OCCN)C(O)/C=C/CC/C=C/CCCCCCCCCCCCCCC. The molecule has 0 saturated heterocycles. The summed E-state index contributed by atoms with van der Waals surface area (Å²) in [5, 5.41) is 24.1. The summed E-state index contributed by atoms with van der Waals surface area (Å²) in [4.78, 5) is 22.8. The summed E-state index contributed by atoms with van der Waals surface area (Å²) in [5.74, 6) is -0.463. The Labute approximate surface area is 351 Å². The minimum absolute atomic E-state index is 0.0429. The number of unbranched alkanes of at least 4 members (excludes halogenated alkanes) is 26. The van der Waals surface area contributed by atoms with Crippen LogP contribution in [0.4, 0.5) is 0 Å². The third kappa shape index (κ3) is 41.2. The lowest BCUT2D eigenvalue weighted by molar-refractivity contribution is -0.124. The van der Waals surface area contributed by atoms with E-state index in [1.54, 1.807) is 6.08 Å². The number of phosphoric ester groups is 1. The number of aliphatic hydroxyl groups excluding tert-OH is 2. The minimum Gasteiger partial charge on any atom is -0.393 e.